The van der Waals surface area contributed by atoms with E-state index < -0.39 is 0 Å². The van der Waals surface area contributed by atoms with Gasteiger partial charge in [0.05, 0.1) is 6.61 Å². The highest BCUT2D eigenvalue weighted by Crippen LogP contribution is 2.06. The summed E-state index contributed by atoms with van der Waals surface area (Å²) in [6.07, 6.45) is 1.72. The summed E-state index contributed by atoms with van der Waals surface area (Å²) in [4.78, 5) is 8.28. The van der Waals surface area contributed by atoms with Crippen LogP contribution in [0.4, 0.5) is 11.8 Å². The van der Waals surface area contributed by atoms with Crippen LogP contribution in [0.3, 0.4) is 0 Å². The summed E-state index contributed by atoms with van der Waals surface area (Å²) in [7, 11) is 3.51. The zero-order chi connectivity index (χ0) is 11.1. The van der Waals surface area contributed by atoms with E-state index >= 15 is 0 Å². The zero-order valence-corrected chi connectivity index (χ0v) is 9.45. The van der Waals surface area contributed by atoms with Gasteiger partial charge in [-0.15, -0.1) is 0 Å². The lowest BCUT2D eigenvalue weighted by Crippen LogP contribution is -2.16. The van der Waals surface area contributed by atoms with E-state index in [0.717, 1.165) is 19.0 Å². The van der Waals surface area contributed by atoms with Gasteiger partial charge in [-0.25, -0.2) is 4.98 Å². The number of rotatable bonds is 6. The number of anilines is 2. The first-order chi connectivity index (χ1) is 7.26. The van der Waals surface area contributed by atoms with E-state index in [1.54, 1.807) is 20.4 Å². The van der Waals surface area contributed by atoms with Gasteiger partial charge in [-0.3, -0.25) is 0 Å². The first-order valence-electron chi connectivity index (χ1n) is 5.00. The quantitative estimate of drug-likeness (QED) is 0.739. The van der Waals surface area contributed by atoms with Crippen molar-refractivity contribution in [1.82, 2.24) is 9.97 Å². The maximum atomic E-state index is 5.05. The Morgan fingerprint density at radius 2 is 2.33 bits per heavy atom. The monoisotopic (exact) mass is 210 g/mol. The Bertz CT molecular complexity index is 293. The average molecular weight is 210 g/mol. The van der Waals surface area contributed by atoms with Crippen molar-refractivity contribution in [1.29, 1.82) is 0 Å². The number of hydrogen-bond acceptors (Lipinski definition) is 5. The molecule has 0 aliphatic rings. The first-order valence-corrected chi connectivity index (χ1v) is 5.00. The van der Waals surface area contributed by atoms with Gasteiger partial charge in [0.25, 0.3) is 0 Å². The Balaban J connectivity index is 2.43. The molecule has 84 valence electrons. The molecule has 0 aromatic carbocycles. The van der Waals surface area contributed by atoms with E-state index in [9.17, 15) is 0 Å². The van der Waals surface area contributed by atoms with Gasteiger partial charge in [0.1, 0.15) is 5.82 Å². The normalized spacial score (nSPS) is 12.2. The summed E-state index contributed by atoms with van der Waals surface area (Å²) in [6, 6.07) is 1.85. The third kappa shape index (κ3) is 4.12. The van der Waals surface area contributed by atoms with Crippen LogP contribution in [-0.2, 0) is 4.74 Å². The molecular weight excluding hydrogens is 192 g/mol. The second-order valence-corrected chi connectivity index (χ2v) is 3.46. The molecule has 0 amide bonds. The van der Waals surface area contributed by atoms with Gasteiger partial charge in [-0.1, -0.05) is 6.92 Å². The molecule has 0 saturated heterocycles. The standard InChI is InChI=1S/C10H18N4O/c1-8(7-15-3)6-13-9-4-5-12-10(11-2)14-9/h4-5,8H,6-7H2,1-3H3,(H2,11,12,13,14). The van der Waals surface area contributed by atoms with Crippen LogP contribution in [0.1, 0.15) is 6.92 Å². The summed E-state index contributed by atoms with van der Waals surface area (Å²) in [6.45, 7) is 3.71. The minimum Gasteiger partial charge on any atom is -0.384 e. The highest BCUT2D eigenvalue weighted by Gasteiger charge is 2.02. The van der Waals surface area contributed by atoms with E-state index in [1.807, 2.05) is 6.07 Å². The van der Waals surface area contributed by atoms with E-state index in [-0.39, 0.29) is 0 Å². The van der Waals surface area contributed by atoms with Crippen LogP contribution in [0.5, 0.6) is 0 Å². The number of hydrogen-bond donors (Lipinski definition) is 2. The molecule has 0 saturated carbocycles. The summed E-state index contributed by atoms with van der Waals surface area (Å²) < 4.78 is 5.05. The number of nitrogens with zero attached hydrogens (tertiary/aromatic N) is 2. The van der Waals surface area contributed by atoms with Crippen molar-refractivity contribution < 1.29 is 4.74 Å². The van der Waals surface area contributed by atoms with Gasteiger partial charge in [0.15, 0.2) is 0 Å². The molecule has 5 nitrogen and oxygen atoms in total. The lowest BCUT2D eigenvalue weighted by atomic mass is 10.2. The van der Waals surface area contributed by atoms with Crippen LogP contribution in [0, 0.1) is 5.92 Å². The molecule has 0 radical (unpaired) electrons. The zero-order valence-electron chi connectivity index (χ0n) is 9.45. The maximum Gasteiger partial charge on any atom is 0.224 e. The summed E-state index contributed by atoms with van der Waals surface area (Å²) >= 11 is 0. The molecule has 1 atom stereocenters. The van der Waals surface area contributed by atoms with Crippen LogP contribution in [-0.4, -0.2) is 37.3 Å². The Labute approximate surface area is 90.3 Å². The molecule has 0 aliphatic heterocycles. The minimum atomic E-state index is 0.461. The van der Waals surface area contributed by atoms with Gasteiger partial charge in [0.2, 0.25) is 5.95 Å². The molecule has 1 rings (SSSR count). The number of aromatic nitrogens is 2. The summed E-state index contributed by atoms with van der Waals surface area (Å²) in [5, 5.41) is 6.13. The predicted octanol–water partition coefficient (Wildman–Crippen LogP) is 1.21. The first kappa shape index (κ1) is 11.7. The average Bonchev–Trinajstić information content (AvgIpc) is 2.27. The van der Waals surface area contributed by atoms with Gasteiger partial charge in [0, 0.05) is 26.9 Å². The lowest BCUT2D eigenvalue weighted by Gasteiger charge is -2.12. The number of ether oxygens (including phenoxy) is 1. The van der Waals surface area contributed by atoms with Gasteiger partial charge >= 0.3 is 0 Å². The Morgan fingerprint density at radius 1 is 1.53 bits per heavy atom. The Kier molecular flexibility index (Phi) is 4.83. The molecule has 1 aromatic rings. The van der Waals surface area contributed by atoms with E-state index in [1.165, 1.54) is 0 Å². The van der Waals surface area contributed by atoms with Crippen LogP contribution in [0.2, 0.25) is 0 Å². The van der Waals surface area contributed by atoms with Crippen LogP contribution >= 0.6 is 0 Å². The van der Waals surface area contributed by atoms with E-state index in [0.29, 0.717) is 11.9 Å². The fraction of sp³-hybridized carbons (Fsp3) is 0.600. The fourth-order valence-electron chi connectivity index (χ4n) is 1.20. The molecule has 2 N–H and O–H groups in total. The lowest BCUT2D eigenvalue weighted by molar-refractivity contribution is 0.164. The van der Waals surface area contributed by atoms with Crippen LogP contribution < -0.4 is 10.6 Å². The maximum absolute atomic E-state index is 5.05. The highest BCUT2D eigenvalue weighted by molar-refractivity contribution is 5.38. The number of methoxy groups -OCH3 is 1. The van der Waals surface area contributed by atoms with Gasteiger partial charge < -0.3 is 15.4 Å². The van der Waals surface area contributed by atoms with Crippen molar-refractivity contribution in [2.75, 3.05) is 37.9 Å². The van der Waals surface area contributed by atoms with Crippen molar-refractivity contribution in [2.45, 2.75) is 6.92 Å². The molecule has 1 aromatic heterocycles. The molecule has 0 aliphatic carbocycles. The third-order valence-corrected chi connectivity index (χ3v) is 1.96. The van der Waals surface area contributed by atoms with E-state index in [4.69, 9.17) is 4.74 Å². The fourth-order valence-corrected chi connectivity index (χ4v) is 1.20. The smallest absolute Gasteiger partial charge is 0.224 e. The number of nitrogens with one attached hydrogen (secondary N) is 2. The van der Waals surface area contributed by atoms with Crippen LogP contribution in [0.15, 0.2) is 12.3 Å². The summed E-state index contributed by atoms with van der Waals surface area (Å²) in [5.74, 6) is 1.92. The van der Waals surface area contributed by atoms with Gasteiger partial charge in [-0.2, -0.15) is 4.98 Å². The molecule has 1 heterocycles. The van der Waals surface area contributed by atoms with Crippen molar-refractivity contribution >= 4 is 11.8 Å². The molecule has 5 heteroatoms. The van der Waals surface area contributed by atoms with Crippen molar-refractivity contribution in [3.8, 4) is 0 Å². The van der Waals surface area contributed by atoms with Gasteiger partial charge in [-0.05, 0) is 12.0 Å². The Morgan fingerprint density at radius 3 is 3.00 bits per heavy atom. The molecule has 0 bridgehead atoms. The molecule has 0 fully saturated rings. The second-order valence-electron chi connectivity index (χ2n) is 3.46. The van der Waals surface area contributed by atoms with Crippen molar-refractivity contribution in [3.05, 3.63) is 12.3 Å². The second kappa shape index (κ2) is 6.19. The molecular formula is C10H18N4O. The SMILES string of the molecule is CNc1nccc(NCC(C)COC)n1. The van der Waals surface area contributed by atoms with Crippen LogP contribution in [0.25, 0.3) is 0 Å². The Hall–Kier alpha value is -1.36. The van der Waals surface area contributed by atoms with Crippen molar-refractivity contribution in [3.63, 3.8) is 0 Å². The highest BCUT2D eigenvalue weighted by atomic mass is 16.5. The largest absolute Gasteiger partial charge is 0.384 e. The predicted molar refractivity (Wildman–Crippen MR) is 61.1 cm³/mol. The van der Waals surface area contributed by atoms with E-state index in [2.05, 4.69) is 27.5 Å². The molecule has 0 spiro atoms. The third-order valence-electron chi connectivity index (χ3n) is 1.96. The summed E-state index contributed by atoms with van der Waals surface area (Å²) in [5.41, 5.74) is 0. The van der Waals surface area contributed by atoms with Crippen molar-refractivity contribution in [2.24, 2.45) is 5.92 Å². The molecule has 1 unspecified atom stereocenters. The topological polar surface area (TPSA) is 59.1 Å². The molecule has 15 heavy (non-hydrogen) atoms. The minimum absolute atomic E-state index is 0.461.